The molecule has 1 heterocycles. The highest BCUT2D eigenvalue weighted by molar-refractivity contribution is 5.28. The van der Waals surface area contributed by atoms with Crippen molar-refractivity contribution in [3.63, 3.8) is 0 Å². The minimum Gasteiger partial charge on any atom is -0.323 e. The Morgan fingerprint density at radius 2 is 2.00 bits per heavy atom. The first-order chi connectivity index (χ1) is 8.58. The number of piperidine rings is 1. The molecule has 0 aromatic heterocycles. The summed E-state index contributed by atoms with van der Waals surface area (Å²) in [5.41, 5.74) is 9.00. The van der Waals surface area contributed by atoms with Gasteiger partial charge in [-0.15, -0.1) is 0 Å². The molecule has 0 saturated carbocycles. The predicted octanol–water partition coefficient (Wildman–Crippen LogP) is 3.12. The molecule has 2 N–H and O–H groups in total. The van der Waals surface area contributed by atoms with Gasteiger partial charge >= 0.3 is 0 Å². The van der Waals surface area contributed by atoms with Crippen molar-refractivity contribution in [3.8, 4) is 0 Å². The molecule has 1 aromatic carbocycles. The lowest BCUT2D eigenvalue weighted by Gasteiger charge is -2.38. The minimum atomic E-state index is 0.138. The summed E-state index contributed by atoms with van der Waals surface area (Å²) in [6, 6.07) is 9.30. The Labute approximate surface area is 111 Å². The van der Waals surface area contributed by atoms with Crippen molar-refractivity contribution in [2.45, 2.75) is 45.7 Å². The Kier molecular flexibility index (Phi) is 4.41. The Bertz CT molecular complexity index is 388. The van der Waals surface area contributed by atoms with Crippen LogP contribution in [0.15, 0.2) is 24.3 Å². The molecule has 2 nitrogen and oxygen atoms in total. The maximum Gasteiger partial charge on any atom is 0.0427 e. The Hall–Kier alpha value is -0.860. The molecule has 1 fully saturated rings. The third kappa shape index (κ3) is 3.12. The van der Waals surface area contributed by atoms with Crippen LogP contribution in [0, 0.1) is 12.8 Å². The molecule has 1 aliphatic heterocycles. The van der Waals surface area contributed by atoms with Crippen LogP contribution >= 0.6 is 0 Å². The zero-order chi connectivity index (χ0) is 13.1. The quantitative estimate of drug-likeness (QED) is 0.888. The van der Waals surface area contributed by atoms with Crippen molar-refractivity contribution in [3.05, 3.63) is 35.4 Å². The fraction of sp³-hybridized carbons (Fsp3) is 0.625. The lowest BCUT2D eigenvalue weighted by molar-refractivity contribution is 0.117. The second-order valence-electron chi connectivity index (χ2n) is 5.95. The van der Waals surface area contributed by atoms with E-state index in [-0.39, 0.29) is 6.04 Å². The fourth-order valence-electron chi connectivity index (χ4n) is 2.99. The van der Waals surface area contributed by atoms with Gasteiger partial charge in [0, 0.05) is 25.2 Å². The summed E-state index contributed by atoms with van der Waals surface area (Å²) >= 11 is 0. The van der Waals surface area contributed by atoms with Crippen LogP contribution < -0.4 is 5.73 Å². The first-order valence-corrected chi connectivity index (χ1v) is 7.13. The van der Waals surface area contributed by atoms with E-state index in [9.17, 15) is 0 Å². The molecule has 0 spiro atoms. The van der Waals surface area contributed by atoms with Crippen LogP contribution in [0.25, 0.3) is 0 Å². The molecule has 0 amide bonds. The lowest BCUT2D eigenvalue weighted by Crippen LogP contribution is -2.44. The van der Waals surface area contributed by atoms with E-state index in [4.69, 9.17) is 5.73 Å². The second-order valence-corrected chi connectivity index (χ2v) is 5.95. The van der Waals surface area contributed by atoms with Gasteiger partial charge in [0.15, 0.2) is 0 Å². The van der Waals surface area contributed by atoms with Crippen LogP contribution in [0.2, 0.25) is 0 Å². The minimum absolute atomic E-state index is 0.138. The average molecular weight is 246 g/mol. The van der Waals surface area contributed by atoms with Crippen molar-refractivity contribution in [2.24, 2.45) is 11.7 Å². The molecule has 1 saturated heterocycles. The lowest BCUT2D eigenvalue weighted by atomic mass is 9.93. The van der Waals surface area contributed by atoms with E-state index >= 15 is 0 Å². The van der Waals surface area contributed by atoms with Crippen LogP contribution in [-0.4, -0.2) is 24.0 Å². The van der Waals surface area contributed by atoms with E-state index in [0.29, 0.717) is 6.04 Å². The predicted molar refractivity (Wildman–Crippen MR) is 77.5 cm³/mol. The number of nitrogens with zero attached hydrogens (tertiary/aromatic N) is 1. The maximum absolute atomic E-state index is 6.39. The normalized spacial score (nSPS) is 27.1. The van der Waals surface area contributed by atoms with Crippen molar-refractivity contribution >= 4 is 0 Å². The fourth-order valence-corrected chi connectivity index (χ4v) is 2.99. The van der Waals surface area contributed by atoms with Gasteiger partial charge in [0.2, 0.25) is 0 Å². The molecule has 1 aromatic rings. The van der Waals surface area contributed by atoms with Gasteiger partial charge in [0.25, 0.3) is 0 Å². The van der Waals surface area contributed by atoms with Gasteiger partial charge in [-0.3, -0.25) is 4.90 Å². The number of benzene rings is 1. The largest absolute Gasteiger partial charge is 0.323 e. The second kappa shape index (κ2) is 5.85. The van der Waals surface area contributed by atoms with Gasteiger partial charge < -0.3 is 5.73 Å². The summed E-state index contributed by atoms with van der Waals surface area (Å²) in [5, 5.41) is 0. The third-order valence-electron chi connectivity index (χ3n) is 4.27. The van der Waals surface area contributed by atoms with E-state index in [2.05, 4.69) is 49.9 Å². The first kappa shape index (κ1) is 13.6. The summed E-state index contributed by atoms with van der Waals surface area (Å²) < 4.78 is 0. The molecule has 2 rings (SSSR count). The molecular formula is C16H26N2. The number of rotatable bonds is 3. The van der Waals surface area contributed by atoms with Crippen molar-refractivity contribution in [1.29, 1.82) is 0 Å². The van der Waals surface area contributed by atoms with Crippen LogP contribution in [-0.2, 0) is 0 Å². The molecule has 3 atom stereocenters. The summed E-state index contributed by atoms with van der Waals surface area (Å²) in [4.78, 5) is 2.56. The highest BCUT2D eigenvalue weighted by Gasteiger charge is 2.24. The monoisotopic (exact) mass is 246 g/mol. The summed E-state index contributed by atoms with van der Waals surface area (Å²) in [6.07, 6.45) is 2.67. The van der Waals surface area contributed by atoms with Crippen molar-refractivity contribution in [2.75, 3.05) is 13.1 Å². The van der Waals surface area contributed by atoms with Gasteiger partial charge in [0.1, 0.15) is 0 Å². The van der Waals surface area contributed by atoms with Crippen molar-refractivity contribution < 1.29 is 0 Å². The molecule has 3 unspecified atom stereocenters. The number of nitrogens with two attached hydrogens (primary N) is 1. The average Bonchev–Trinajstić information content (AvgIpc) is 2.34. The molecule has 18 heavy (non-hydrogen) atoms. The van der Waals surface area contributed by atoms with E-state index < -0.39 is 0 Å². The van der Waals surface area contributed by atoms with E-state index in [1.54, 1.807) is 0 Å². The topological polar surface area (TPSA) is 29.3 Å². The SMILES string of the molecule is Cc1ccccc1C(N)CN1CC(C)CCC1C. The number of hydrogen-bond acceptors (Lipinski definition) is 2. The number of aryl methyl sites for hydroxylation is 1. The number of hydrogen-bond donors (Lipinski definition) is 1. The van der Waals surface area contributed by atoms with Gasteiger partial charge in [-0.2, -0.15) is 0 Å². The zero-order valence-corrected chi connectivity index (χ0v) is 11.9. The van der Waals surface area contributed by atoms with Gasteiger partial charge in [0.05, 0.1) is 0 Å². The summed E-state index contributed by atoms with van der Waals surface area (Å²) in [6.45, 7) is 9.00. The van der Waals surface area contributed by atoms with Gasteiger partial charge in [-0.25, -0.2) is 0 Å². The Morgan fingerprint density at radius 3 is 2.72 bits per heavy atom. The molecule has 1 aliphatic rings. The first-order valence-electron chi connectivity index (χ1n) is 7.13. The van der Waals surface area contributed by atoms with E-state index in [0.717, 1.165) is 12.5 Å². The van der Waals surface area contributed by atoms with E-state index in [1.165, 1.54) is 30.5 Å². The molecule has 0 radical (unpaired) electrons. The van der Waals surface area contributed by atoms with Crippen LogP contribution in [0.5, 0.6) is 0 Å². The van der Waals surface area contributed by atoms with Crippen LogP contribution in [0.1, 0.15) is 43.9 Å². The Balaban J connectivity index is 2.02. The van der Waals surface area contributed by atoms with Gasteiger partial charge in [-0.1, -0.05) is 31.2 Å². The molecule has 100 valence electrons. The summed E-state index contributed by atoms with van der Waals surface area (Å²) in [7, 11) is 0. The smallest absolute Gasteiger partial charge is 0.0427 e. The highest BCUT2D eigenvalue weighted by atomic mass is 15.2. The standard InChI is InChI=1S/C16H26N2/c1-12-8-9-14(3)18(10-12)11-16(17)15-7-5-4-6-13(15)2/h4-7,12,14,16H,8-11,17H2,1-3H3. The van der Waals surface area contributed by atoms with Crippen LogP contribution in [0.4, 0.5) is 0 Å². The third-order valence-corrected chi connectivity index (χ3v) is 4.27. The maximum atomic E-state index is 6.39. The van der Waals surface area contributed by atoms with Gasteiger partial charge in [-0.05, 0) is 43.7 Å². The summed E-state index contributed by atoms with van der Waals surface area (Å²) in [5.74, 6) is 0.810. The van der Waals surface area contributed by atoms with E-state index in [1.807, 2.05) is 0 Å². The number of likely N-dealkylation sites (tertiary alicyclic amines) is 1. The van der Waals surface area contributed by atoms with Crippen molar-refractivity contribution in [1.82, 2.24) is 4.90 Å². The molecular weight excluding hydrogens is 220 g/mol. The Morgan fingerprint density at radius 1 is 1.28 bits per heavy atom. The molecule has 2 heteroatoms. The van der Waals surface area contributed by atoms with Crippen LogP contribution in [0.3, 0.4) is 0 Å². The zero-order valence-electron chi connectivity index (χ0n) is 11.9. The molecule has 0 aliphatic carbocycles. The highest BCUT2D eigenvalue weighted by Crippen LogP contribution is 2.24. The molecule has 0 bridgehead atoms.